The first-order valence-corrected chi connectivity index (χ1v) is 8.60. The SMILES string of the molecule is [C-]#[N+]c1cnc2ccc(-c3ccc4oc(N)nc4c3)cc2c1-c1ccncc1. The van der Waals surface area contributed by atoms with Gasteiger partial charge in [-0.05, 0) is 64.0 Å². The number of fused-ring (bicyclic) bond motifs is 2. The molecular formula is C22H13N5O. The summed E-state index contributed by atoms with van der Waals surface area (Å²) in [5, 5.41) is 0.914. The molecule has 5 rings (SSSR count). The molecule has 0 unspecified atom stereocenters. The van der Waals surface area contributed by atoms with Crippen molar-refractivity contribution in [1.29, 1.82) is 0 Å². The number of nitrogen functional groups attached to an aromatic ring is 1. The summed E-state index contributed by atoms with van der Waals surface area (Å²) in [6, 6.07) is 15.7. The Morgan fingerprint density at radius 1 is 0.893 bits per heavy atom. The Labute approximate surface area is 160 Å². The number of nitrogens with two attached hydrogens (primary N) is 1. The molecule has 2 aromatic carbocycles. The van der Waals surface area contributed by atoms with E-state index in [1.54, 1.807) is 18.6 Å². The average Bonchev–Trinajstić information content (AvgIpc) is 3.12. The van der Waals surface area contributed by atoms with Crippen LogP contribution in [0.25, 0.3) is 49.1 Å². The molecule has 0 aliphatic rings. The van der Waals surface area contributed by atoms with Gasteiger partial charge in [-0.1, -0.05) is 12.1 Å². The molecule has 6 heteroatoms. The van der Waals surface area contributed by atoms with Crippen LogP contribution >= 0.6 is 0 Å². The molecule has 28 heavy (non-hydrogen) atoms. The topological polar surface area (TPSA) is 82.2 Å². The van der Waals surface area contributed by atoms with Crippen LogP contribution in [0.5, 0.6) is 0 Å². The van der Waals surface area contributed by atoms with E-state index in [1.807, 2.05) is 42.5 Å². The van der Waals surface area contributed by atoms with Gasteiger partial charge in [-0.2, -0.15) is 4.98 Å². The highest BCUT2D eigenvalue weighted by Crippen LogP contribution is 2.38. The second-order valence-electron chi connectivity index (χ2n) is 6.33. The van der Waals surface area contributed by atoms with Gasteiger partial charge in [-0.25, -0.2) is 4.85 Å². The number of aromatic nitrogens is 3. The van der Waals surface area contributed by atoms with Crippen LogP contribution in [0.3, 0.4) is 0 Å². The predicted molar refractivity (Wildman–Crippen MR) is 109 cm³/mol. The van der Waals surface area contributed by atoms with Crippen LogP contribution in [-0.4, -0.2) is 15.0 Å². The normalized spacial score (nSPS) is 11.0. The van der Waals surface area contributed by atoms with Crippen LogP contribution in [0, 0.1) is 6.57 Å². The van der Waals surface area contributed by atoms with Gasteiger partial charge in [0.15, 0.2) is 5.58 Å². The van der Waals surface area contributed by atoms with Crippen molar-refractivity contribution in [3.05, 3.63) is 78.5 Å². The quantitative estimate of drug-likeness (QED) is 0.434. The van der Waals surface area contributed by atoms with Gasteiger partial charge in [0.25, 0.3) is 6.01 Å². The van der Waals surface area contributed by atoms with Crippen LogP contribution in [0.1, 0.15) is 0 Å². The zero-order chi connectivity index (χ0) is 19.1. The second-order valence-corrected chi connectivity index (χ2v) is 6.33. The molecule has 132 valence electrons. The van der Waals surface area contributed by atoms with Gasteiger partial charge >= 0.3 is 0 Å². The molecule has 6 nitrogen and oxygen atoms in total. The molecule has 2 N–H and O–H groups in total. The largest absolute Gasteiger partial charge is 0.424 e. The number of oxazole rings is 1. The van der Waals surface area contributed by atoms with Crippen molar-refractivity contribution in [2.75, 3.05) is 5.73 Å². The summed E-state index contributed by atoms with van der Waals surface area (Å²) in [6.45, 7) is 7.56. The minimum absolute atomic E-state index is 0.150. The summed E-state index contributed by atoms with van der Waals surface area (Å²) >= 11 is 0. The van der Waals surface area contributed by atoms with Crippen LogP contribution < -0.4 is 5.73 Å². The van der Waals surface area contributed by atoms with E-state index in [1.165, 1.54) is 0 Å². The third kappa shape index (κ3) is 2.54. The maximum Gasteiger partial charge on any atom is 0.292 e. The molecule has 0 saturated carbocycles. The third-order valence-electron chi connectivity index (χ3n) is 4.67. The lowest BCUT2D eigenvalue weighted by Crippen LogP contribution is -1.88. The summed E-state index contributed by atoms with van der Waals surface area (Å²) in [5.74, 6) is 0. The van der Waals surface area contributed by atoms with Crippen molar-refractivity contribution in [3.8, 4) is 22.3 Å². The van der Waals surface area contributed by atoms with Crippen LogP contribution in [0.15, 0.2) is 71.5 Å². The van der Waals surface area contributed by atoms with Crippen molar-refractivity contribution in [2.45, 2.75) is 0 Å². The molecule has 0 amide bonds. The van der Waals surface area contributed by atoms with Crippen molar-refractivity contribution in [3.63, 3.8) is 0 Å². The molecule has 0 aliphatic heterocycles. The van der Waals surface area contributed by atoms with E-state index in [4.69, 9.17) is 16.7 Å². The zero-order valence-electron chi connectivity index (χ0n) is 14.6. The number of benzene rings is 2. The van der Waals surface area contributed by atoms with E-state index < -0.39 is 0 Å². The maximum absolute atomic E-state index is 7.56. The fourth-order valence-corrected chi connectivity index (χ4v) is 3.39. The Hall–Kier alpha value is -4.24. The Bertz CT molecular complexity index is 1380. The van der Waals surface area contributed by atoms with Crippen molar-refractivity contribution in [1.82, 2.24) is 15.0 Å². The molecule has 0 spiro atoms. The Balaban J connectivity index is 1.76. The van der Waals surface area contributed by atoms with E-state index in [0.29, 0.717) is 16.8 Å². The van der Waals surface area contributed by atoms with Crippen molar-refractivity contribution < 1.29 is 4.42 Å². The lowest BCUT2D eigenvalue weighted by molar-refractivity contribution is 0.626. The van der Waals surface area contributed by atoms with E-state index in [9.17, 15) is 0 Å². The van der Waals surface area contributed by atoms with Crippen molar-refractivity contribution >= 4 is 33.7 Å². The first-order chi connectivity index (χ1) is 13.7. The third-order valence-corrected chi connectivity index (χ3v) is 4.67. The number of pyridine rings is 2. The molecule has 0 bridgehead atoms. The van der Waals surface area contributed by atoms with Gasteiger partial charge in [-0.15, -0.1) is 0 Å². The number of nitrogens with zero attached hydrogens (tertiary/aromatic N) is 4. The molecule has 0 fully saturated rings. The standard InChI is InChI=1S/C22H13N5O/c1-24-19-12-26-17-4-2-14(10-16(17)21(19)13-6-8-25-9-7-13)15-3-5-20-18(11-15)27-22(23)28-20/h2-12H,(H2,23,27). The molecule has 5 aromatic rings. The van der Waals surface area contributed by atoms with Crippen LogP contribution in [0.4, 0.5) is 11.7 Å². The second kappa shape index (κ2) is 6.18. The summed E-state index contributed by atoms with van der Waals surface area (Å²) in [4.78, 5) is 16.4. The van der Waals surface area contributed by atoms with Gasteiger partial charge in [0, 0.05) is 18.6 Å². The highest BCUT2D eigenvalue weighted by atomic mass is 16.4. The average molecular weight is 363 g/mol. The molecule has 0 saturated heterocycles. The minimum Gasteiger partial charge on any atom is -0.424 e. The van der Waals surface area contributed by atoms with Crippen LogP contribution in [0.2, 0.25) is 0 Å². The highest BCUT2D eigenvalue weighted by molar-refractivity contribution is 6.02. The maximum atomic E-state index is 7.56. The molecule has 0 aliphatic carbocycles. The zero-order valence-corrected chi connectivity index (χ0v) is 14.6. The van der Waals surface area contributed by atoms with E-state index >= 15 is 0 Å². The molecular weight excluding hydrogens is 350 g/mol. The smallest absolute Gasteiger partial charge is 0.292 e. The highest BCUT2D eigenvalue weighted by Gasteiger charge is 2.13. The molecule has 3 heterocycles. The summed E-state index contributed by atoms with van der Waals surface area (Å²) in [7, 11) is 0. The Kier molecular flexibility index (Phi) is 3.53. The summed E-state index contributed by atoms with van der Waals surface area (Å²) in [5.41, 5.74) is 12.1. The van der Waals surface area contributed by atoms with Gasteiger partial charge in [0.2, 0.25) is 5.69 Å². The molecule has 3 aromatic heterocycles. The van der Waals surface area contributed by atoms with Crippen LogP contribution in [-0.2, 0) is 0 Å². The van der Waals surface area contributed by atoms with Gasteiger partial charge in [0.05, 0.1) is 12.1 Å². The Morgan fingerprint density at radius 2 is 1.68 bits per heavy atom. The summed E-state index contributed by atoms with van der Waals surface area (Å²) in [6.07, 6.45) is 5.07. The number of anilines is 1. The molecule has 0 radical (unpaired) electrons. The first-order valence-electron chi connectivity index (χ1n) is 8.60. The molecule has 0 atom stereocenters. The lowest BCUT2D eigenvalue weighted by atomic mass is 9.96. The van der Waals surface area contributed by atoms with E-state index in [2.05, 4.69) is 25.9 Å². The number of hydrogen-bond donors (Lipinski definition) is 1. The van der Waals surface area contributed by atoms with E-state index in [0.717, 1.165) is 33.2 Å². The summed E-state index contributed by atoms with van der Waals surface area (Å²) < 4.78 is 5.35. The van der Waals surface area contributed by atoms with Crippen molar-refractivity contribution in [2.24, 2.45) is 0 Å². The monoisotopic (exact) mass is 363 g/mol. The Morgan fingerprint density at radius 3 is 2.50 bits per heavy atom. The lowest BCUT2D eigenvalue weighted by Gasteiger charge is -2.11. The van der Waals surface area contributed by atoms with Gasteiger partial charge in [0.1, 0.15) is 5.52 Å². The van der Waals surface area contributed by atoms with Gasteiger partial charge < -0.3 is 10.2 Å². The fraction of sp³-hybridized carbons (Fsp3) is 0. The first kappa shape index (κ1) is 16.0. The predicted octanol–water partition coefficient (Wildman–Crippen LogP) is 5.24. The fourth-order valence-electron chi connectivity index (χ4n) is 3.39. The van der Waals surface area contributed by atoms with Gasteiger partial charge in [-0.3, -0.25) is 9.97 Å². The van der Waals surface area contributed by atoms with E-state index in [-0.39, 0.29) is 6.01 Å². The minimum atomic E-state index is 0.150. The number of hydrogen-bond acceptors (Lipinski definition) is 5. The number of rotatable bonds is 2.